The van der Waals surface area contributed by atoms with E-state index >= 15 is 0 Å². The lowest BCUT2D eigenvalue weighted by molar-refractivity contribution is -0.128. The minimum atomic E-state index is 0.244. The Labute approximate surface area is 67.6 Å². The normalized spacial score (nSPS) is 38.6. The Hall–Kier alpha value is -0.530. The largest absolute Gasteiger partial charge is 0.342 e. The average molecular weight is 153 g/mol. The Bertz CT molecular complexity index is 196. The van der Waals surface area contributed by atoms with Gasteiger partial charge < -0.3 is 4.90 Å². The van der Waals surface area contributed by atoms with Gasteiger partial charge in [-0.05, 0) is 17.3 Å². The molecule has 0 unspecified atom stereocenters. The monoisotopic (exact) mass is 153 g/mol. The summed E-state index contributed by atoms with van der Waals surface area (Å²) in [7, 11) is 0. The van der Waals surface area contributed by atoms with Crippen LogP contribution in [-0.2, 0) is 4.79 Å². The van der Waals surface area contributed by atoms with Gasteiger partial charge >= 0.3 is 0 Å². The van der Waals surface area contributed by atoms with Crippen molar-refractivity contribution in [3.63, 3.8) is 0 Å². The lowest BCUT2D eigenvalue weighted by atomic mass is 10.1. The maximum atomic E-state index is 10.9. The Morgan fingerprint density at radius 2 is 1.82 bits per heavy atom. The molecule has 2 aliphatic rings. The van der Waals surface area contributed by atoms with Gasteiger partial charge in [-0.3, -0.25) is 4.79 Å². The molecular weight excluding hydrogens is 138 g/mol. The highest BCUT2D eigenvalue weighted by Crippen LogP contribution is 2.61. The predicted octanol–water partition coefficient (Wildman–Crippen LogP) is 1.12. The number of hydrogen-bond acceptors (Lipinski definition) is 1. The summed E-state index contributed by atoms with van der Waals surface area (Å²) in [6.45, 7) is 8.29. The van der Waals surface area contributed by atoms with Gasteiger partial charge in [-0.25, -0.2) is 0 Å². The number of carbonyl (C=O) groups is 1. The molecule has 1 amide bonds. The third-order valence-corrected chi connectivity index (χ3v) is 3.57. The molecule has 0 N–H and O–H groups in total. The summed E-state index contributed by atoms with van der Waals surface area (Å²) in [5, 5.41) is 0. The molecule has 1 aliphatic carbocycles. The number of rotatable bonds is 0. The van der Waals surface area contributed by atoms with Gasteiger partial charge in [0.05, 0.1) is 0 Å². The lowest BCUT2D eigenvalue weighted by Gasteiger charge is -2.19. The molecule has 0 aromatic rings. The Balaban J connectivity index is 2.00. The van der Waals surface area contributed by atoms with Gasteiger partial charge in [0.1, 0.15) is 0 Å². The number of carbonyl (C=O) groups excluding carboxylic acids is 1. The summed E-state index contributed by atoms with van der Waals surface area (Å²) in [5.41, 5.74) is 0.534. The minimum absolute atomic E-state index is 0.244. The molecule has 2 fully saturated rings. The van der Waals surface area contributed by atoms with Crippen LogP contribution in [0.1, 0.15) is 20.8 Å². The number of piperidine rings is 1. The zero-order valence-corrected chi connectivity index (χ0v) is 7.42. The molecule has 0 bridgehead atoms. The number of likely N-dealkylation sites (tertiary alicyclic amines) is 1. The van der Waals surface area contributed by atoms with Gasteiger partial charge in [-0.2, -0.15) is 0 Å². The van der Waals surface area contributed by atoms with Gasteiger partial charge in [-0.1, -0.05) is 13.8 Å². The van der Waals surface area contributed by atoms with Crippen LogP contribution in [0.2, 0.25) is 0 Å². The van der Waals surface area contributed by atoms with E-state index < -0.39 is 0 Å². The van der Waals surface area contributed by atoms with Gasteiger partial charge in [0.25, 0.3) is 0 Å². The topological polar surface area (TPSA) is 20.3 Å². The summed E-state index contributed by atoms with van der Waals surface area (Å²) in [6, 6.07) is 0. The van der Waals surface area contributed by atoms with Crippen molar-refractivity contribution in [2.45, 2.75) is 20.8 Å². The molecule has 62 valence electrons. The van der Waals surface area contributed by atoms with Crippen LogP contribution in [0.25, 0.3) is 0 Å². The molecule has 0 aromatic heterocycles. The van der Waals surface area contributed by atoms with Crippen LogP contribution in [0.4, 0.5) is 0 Å². The third-order valence-electron chi connectivity index (χ3n) is 3.57. The minimum Gasteiger partial charge on any atom is -0.342 e. The maximum absolute atomic E-state index is 10.9. The molecule has 0 radical (unpaired) electrons. The highest BCUT2D eigenvalue weighted by atomic mass is 16.2. The van der Waals surface area contributed by atoms with E-state index in [0.29, 0.717) is 5.41 Å². The lowest BCUT2D eigenvalue weighted by Crippen LogP contribution is -2.30. The molecule has 2 rings (SSSR count). The van der Waals surface area contributed by atoms with Gasteiger partial charge in [0, 0.05) is 20.0 Å². The third kappa shape index (κ3) is 0.815. The van der Waals surface area contributed by atoms with E-state index in [1.54, 1.807) is 6.92 Å². The molecule has 0 aromatic carbocycles. The van der Waals surface area contributed by atoms with Crippen molar-refractivity contribution in [2.24, 2.45) is 17.3 Å². The number of nitrogens with zero attached hydrogens (tertiary/aromatic N) is 1. The fraction of sp³-hybridized carbons (Fsp3) is 0.889. The van der Waals surface area contributed by atoms with Crippen LogP contribution < -0.4 is 0 Å². The van der Waals surface area contributed by atoms with Gasteiger partial charge in [-0.15, -0.1) is 0 Å². The molecule has 2 heteroatoms. The van der Waals surface area contributed by atoms with Crippen LogP contribution >= 0.6 is 0 Å². The first-order valence-corrected chi connectivity index (χ1v) is 4.29. The van der Waals surface area contributed by atoms with E-state index in [2.05, 4.69) is 13.8 Å². The molecule has 1 aliphatic heterocycles. The molecule has 11 heavy (non-hydrogen) atoms. The van der Waals surface area contributed by atoms with E-state index in [4.69, 9.17) is 0 Å². The van der Waals surface area contributed by atoms with E-state index in [-0.39, 0.29) is 5.91 Å². The van der Waals surface area contributed by atoms with E-state index in [1.165, 1.54) is 0 Å². The fourth-order valence-corrected chi connectivity index (χ4v) is 2.39. The molecule has 1 saturated carbocycles. The van der Waals surface area contributed by atoms with Crippen molar-refractivity contribution in [1.29, 1.82) is 0 Å². The first-order valence-electron chi connectivity index (χ1n) is 4.29. The van der Waals surface area contributed by atoms with Gasteiger partial charge in [0.15, 0.2) is 0 Å². The Morgan fingerprint density at radius 3 is 2.18 bits per heavy atom. The van der Waals surface area contributed by atoms with Crippen LogP contribution in [0.5, 0.6) is 0 Å². The number of amides is 1. The van der Waals surface area contributed by atoms with Crippen molar-refractivity contribution in [1.82, 2.24) is 4.90 Å². The highest BCUT2D eigenvalue weighted by molar-refractivity contribution is 5.73. The van der Waals surface area contributed by atoms with Gasteiger partial charge in [0.2, 0.25) is 5.91 Å². The quantitative estimate of drug-likeness (QED) is 0.510. The van der Waals surface area contributed by atoms with Crippen molar-refractivity contribution in [3.05, 3.63) is 0 Å². The summed E-state index contributed by atoms with van der Waals surface area (Å²) < 4.78 is 0. The molecular formula is C9H15NO. The smallest absolute Gasteiger partial charge is 0.219 e. The van der Waals surface area contributed by atoms with Crippen LogP contribution in [0, 0.1) is 17.3 Å². The van der Waals surface area contributed by atoms with Crippen molar-refractivity contribution >= 4 is 5.91 Å². The molecule has 2 atom stereocenters. The summed E-state index contributed by atoms with van der Waals surface area (Å²) in [5.74, 6) is 1.84. The number of hydrogen-bond donors (Lipinski definition) is 0. The van der Waals surface area contributed by atoms with Crippen molar-refractivity contribution in [3.8, 4) is 0 Å². The zero-order chi connectivity index (χ0) is 8.22. The highest BCUT2D eigenvalue weighted by Gasteiger charge is 2.62. The Kier molecular flexibility index (Phi) is 1.16. The predicted molar refractivity (Wildman–Crippen MR) is 43.0 cm³/mol. The first-order chi connectivity index (χ1) is 5.03. The SMILES string of the molecule is CC(=O)N1C[C@@H]2[C@H](C1)C2(C)C. The van der Waals surface area contributed by atoms with E-state index in [0.717, 1.165) is 24.9 Å². The zero-order valence-electron chi connectivity index (χ0n) is 7.42. The standard InChI is InChI=1S/C9H15NO/c1-6(11)10-4-7-8(5-10)9(7,2)3/h7-8H,4-5H2,1-3H3/t7-,8+. The first kappa shape index (κ1) is 7.14. The average Bonchev–Trinajstić information content (AvgIpc) is 2.28. The summed E-state index contributed by atoms with van der Waals surface area (Å²) >= 11 is 0. The second-order valence-electron chi connectivity index (χ2n) is 4.46. The molecule has 2 nitrogen and oxygen atoms in total. The Morgan fingerprint density at radius 1 is 1.36 bits per heavy atom. The van der Waals surface area contributed by atoms with Crippen molar-refractivity contribution in [2.75, 3.05) is 13.1 Å². The molecule has 0 spiro atoms. The van der Waals surface area contributed by atoms with E-state index in [9.17, 15) is 4.79 Å². The number of fused-ring (bicyclic) bond motifs is 1. The van der Waals surface area contributed by atoms with Crippen molar-refractivity contribution < 1.29 is 4.79 Å². The van der Waals surface area contributed by atoms with Crippen LogP contribution in [0.3, 0.4) is 0 Å². The summed E-state index contributed by atoms with van der Waals surface area (Å²) in [6.07, 6.45) is 0. The molecule has 1 saturated heterocycles. The fourth-order valence-electron chi connectivity index (χ4n) is 2.39. The van der Waals surface area contributed by atoms with E-state index in [1.807, 2.05) is 4.90 Å². The second-order valence-corrected chi connectivity index (χ2v) is 4.46. The molecule has 1 heterocycles. The maximum Gasteiger partial charge on any atom is 0.219 e. The van der Waals surface area contributed by atoms with Crippen LogP contribution in [0.15, 0.2) is 0 Å². The summed E-state index contributed by atoms with van der Waals surface area (Å²) in [4.78, 5) is 12.9. The second kappa shape index (κ2) is 1.79. The van der Waals surface area contributed by atoms with Crippen LogP contribution in [-0.4, -0.2) is 23.9 Å².